The Labute approximate surface area is 134 Å². The van der Waals surface area contributed by atoms with Crippen LogP contribution in [0.2, 0.25) is 0 Å². The molecule has 0 bridgehead atoms. The number of aryl methyl sites for hydroxylation is 1. The van der Waals surface area contributed by atoms with Crippen LogP contribution in [0.15, 0.2) is 28.8 Å². The van der Waals surface area contributed by atoms with Crippen molar-refractivity contribution in [3.63, 3.8) is 0 Å². The Bertz CT molecular complexity index is 610. The van der Waals surface area contributed by atoms with Crippen molar-refractivity contribution in [1.82, 2.24) is 15.5 Å². The van der Waals surface area contributed by atoms with Gasteiger partial charge in [0.2, 0.25) is 17.6 Å². The highest BCUT2D eigenvalue weighted by atomic mass is 16.5. The van der Waals surface area contributed by atoms with Gasteiger partial charge in [0.05, 0.1) is 7.11 Å². The lowest BCUT2D eigenvalue weighted by Crippen LogP contribution is -2.24. The minimum Gasteiger partial charge on any atom is -0.497 e. The van der Waals surface area contributed by atoms with Gasteiger partial charge < -0.3 is 19.7 Å². The van der Waals surface area contributed by atoms with E-state index in [0.717, 1.165) is 11.3 Å². The third-order valence-electron chi connectivity index (χ3n) is 3.27. The van der Waals surface area contributed by atoms with Crippen molar-refractivity contribution < 1.29 is 19.2 Å². The highest BCUT2D eigenvalue weighted by Crippen LogP contribution is 2.20. The van der Waals surface area contributed by atoms with E-state index in [1.165, 1.54) is 0 Å². The molecule has 124 valence electrons. The summed E-state index contributed by atoms with van der Waals surface area (Å²) in [5.74, 6) is 1.77. The van der Waals surface area contributed by atoms with Crippen LogP contribution in [0.3, 0.4) is 0 Å². The number of carbonyl (C=O) groups excluding carboxylic acids is 1. The van der Waals surface area contributed by atoms with Crippen molar-refractivity contribution in [1.29, 1.82) is 0 Å². The average molecular weight is 319 g/mol. The van der Waals surface area contributed by atoms with Gasteiger partial charge in [0, 0.05) is 31.6 Å². The number of ether oxygens (including phenoxy) is 1. The Morgan fingerprint density at radius 3 is 2.78 bits per heavy atom. The Hall–Kier alpha value is -2.41. The molecule has 0 atom stereocenters. The second-order valence-corrected chi connectivity index (χ2v) is 5.02. The number of amides is 1. The molecule has 0 aliphatic heterocycles. The van der Waals surface area contributed by atoms with Crippen LogP contribution in [0.5, 0.6) is 5.75 Å². The number of methoxy groups -OCH3 is 1. The summed E-state index contributed by atoms with van der Waals surface area (Å²) in [6.07, 6.45) is 2.15. The molecule has 0 fully saturated rings. The van der Waals surface area contributed by atoms with Gasteiger partial charge in [0.25, 0.3) is 0 Å². The normalized spacial score (nSPS) is 10.5. The van der Waals surface area contributed by atoms with E-state index >= 15 is 0 Å². The molecular weight excluding hydrogens is 298 g/mol. The predicted octanol–water partition coefficient (Wildman–Crippen LogP) is 1.57. The van der Waals surface area contributed by atoms with E-state index in [4.69, 9.17) is 14.4 Å². The van der Waals surface area contributed by atoms with Crippen molar-refractivity contribution in [2.45, 2.75) is 25.7 Å². The number of hydrogen-bond acceptors (Lipinski definition) is 6. The van der Waals surface area contributed by atoms with Crippen LogP contribution in [0.25, 0.3) is 11.4 Å². The SMILES string of the molecule is COc1ccc(-c2noc(CCCC(=O)NCCCO)n2)cc1. The van der Waals surface area contributed by atoms with Gasteiger partial charge in [0.1, 0.15) is 5.75 Å². The summed E-state index contributed by atoms with van der Waals surface area (Å²) in [6, 6.07) is 7.40. The van der Waals surface area contributed by atoms with Crippen LogP contribution < -0.4 is 10.1 Å². The van der Waals surface area contributed by atoms with Gasteiger partial charge in [-0.3, -0.25) is 4.79 Å². The quantitative estimate of drug-likeness (QED) is 0.681. The lowest BCUT2D eigenvalue weighted by atomic mass is 10.2. The first-order valence-corrected chi connectivity index (χ1v) is 7.57. The summed E-state index contributed by atoms with van der Waals surface area (Å²) in [6.45, 7) is 0.577. The van der Waals surface area contributed by atoms with Gasteiger partial charge in [0.15, 0.2) is 0 Å². The van der Waals surface area contributed by atoms with Gasteiger partial charge in [-0.15, -0.1) is 0 Å². The fraction of sp³-hybridized carbons (Fsp3) is 0.438. The number of rotatable bonds is 9. The summed E-state index contributed by atoms with van der Waals surface area (Å²) < 4.78 is 10.3. The summed E-state index contributed by atoms with van der Waals surface area (Å²) in [7, 11) is 1.61. The minimum absolute atomic E-state index is 0.0339. The van der Waals surface area contributed by atoms with Crippen molar-refractivity contribution in [3.05, 3.63) is 30.2 Å². The molecule has 1 aromatic heterocycles. The molecule has 0 saturated heterocycles. The van der Waals surface area contributed by atoms with Crippen LogP contribution in [-0.2, 0) is 11.2 Å². The van der Waals surface area contributed by atoms with Gasteiger partial charge in [-0.05, 0) is 37.1 Å². The van der Waals surface area contributed by atoms with Crippen LogP contribution in [0.4, 0.5) is 0 Å². The highest BCUT2D eigenvalue weighted by molar-refractivity contribution is 5.75. The molecule has 2 aromatic rings. The van der Waals surface area contributed by atoms with E-state index < -0.39 is 0 Å². The van der Waals surface area contributed by atoms with Gasteiger partial charge in [-0.25, -0.2) is 0 Å². The zero-order chi connectivity index (χ0) is 16.5. The number of aliphatic hydroxyl groups excluding tert-OH is 1. The van der Waals surface area contributed by atoms with E-state index in [-0.39, 0.29) is 12.5 Å². The fourth-order valence-electron chi connectivity index (χ4n) is 2.01. The molecule has 1 amide bonds. The molecule has 0 aliphatic carbocycles. The molecule has 0 spiro atoms. The molecule has 0 unspecified atom stereocenters. The molecule has 2 N–H and O–H groups in total. The van der Waals surface area contributed by atoms with Crippen molar-refractivity contribution >= 4 is 5.91 Å². The summed E-state index contributed by atoms with van der Waals surface area (Å²) >= 11 is 0. The topological polar surface area (TPSA) is 97.5 Å². The Morgan fingerprint density at radius 2 is 2.09 bits per heavy atom. The first kappa shape index (κ1) is 17.0. The third-order valence-corrected chi connectivity index (χ3v) is 3.27. The number of nitrogens with one attached hydrogen (secondary N) is 1. The molecule has 1 aromatic carbocycles. The lowest BCUT2D eigenvalue weighted by molar-refractivity contribution is -0.121. The predicted molar refractivity (Wildman–Crippen MR) is 83.9 cm³/mol. The zero-order valence-corrected chi connectivity index (χ0v) is 13.1. The molecule has 23 heavy (non-hydrogen) atoms. The Balaban J connectivity index is 1.79. The Morgan fingerprint density at radius 1 is 1.30 bits per heavy atom. The van der Waals surface area contributed by atoms with Crippen molar-refractivity contribution in [2.75, 3.05) is 20.3 Å². The third kappa shape index (κ3) is 5.37. The molecule has 0 saturated carbocycles. The smallest absolute Gasteiger partial charge is 0.226 e. The maximum absolute atomic E-state index is 11.5. The number of carbonyl (C=O) groups is 1. The minimum atomic E-state index is -0.0339. The highest BCUT2D eigenvalue weighted by Gasteiger charge is 2.09. The summed E-state index contributed by atoms with van der Waals surface area (Å²) in [4.78, 5) is 15.8. The summed E-state index contributed by atoms with van der Waals surface area (Å²) in [5, 5.41) is 15.3. The number of aliphatic hydroxyl groups is 1. The first-order valence-electron chi connectivity index (χ1n) is 7.57. The Kier molecular flexibility index (Phi) is 6.56. The van der Waals surface area contributed by atoms with E-state index in [1.807, 2.05) is 24.3 Å². The van der Waals surface area contributed by atoms with Gasteiger partial charge in [-0.2, -0.15) is 4.98 Å². The van der Waals surface area contributed by atoms with Crippen LogP contribution in [-0.4, -0.2) is 41.4 Å². The van der Waals surface area contributed by atoms with Crippen molar-refractivity contribution in [3.8, 4) is 17.1 Å². The number of aromatic nitrogens is 2. The molecule has 7 nitrogen and oxygen atoms in total. The fourth-order valence-corrected chi connectivity index (χ4v) is 2.01. The largest absolute Gasteiger partial charge is 0.497 e. The molecular formula is C16H21N3O4. The van der Waals surface area contributed by atoms with E-state index in [2.05, 4.69) is 15.5 Å². The number of benzene rings is 1. The van der Waals surface area contributed by atoms with Crippen LogP contribution >= 0.6 is 0 Å². The second kappa shape index (κ2) is 8.89. The maximum atomic E-state index is 11.5. The molecule has 7 heteroatoms. The van der Waals surface area contributed by atoms with Gasteiger partial charge in [-0.1, -0.05) is 5.16 Å². The standard InChI is InChI=1S/C16H21N3O4/c1-22-13-8-6-12(7-9-13)16-18-15(23-19-16)5-2-4-14(21)17-10-3-11-20/h6-9,20H,2-5,10-11H2,1H3,(H,17,21). The van der Waals surface area contributed by atoms with E-state index in [1.54, 1.807) is 7.11 Å². The second-order valence-electron chi connectivity index (χ2n) is 5.02. The molecule has 1 heterocycles. The maximum Gasteiger partial charge on any atom is 0.226 e. The van der Waals surface area contributed by atoms with Gasteiger partial charge >= 0.3 is 0 Å². The molecule has 0 aliphatic rings. The zero-order valence-electron chi connectivity index (χ0n) is 13.1. The lowest BCUT2D eigenvalue weighted by Gasteiger charge is -2.02. The average Bonchev–Trinajstić information content (AvgIpc) is 3.04. The van der Waals surface area contributed by atoms with Crippen molar-refractivity contribution in [2.24, 2.45) is 0 Å². The number of nitrogens with zero attached hydrogens (tertiary/aromatic N) is 2. The van der Waals surface area contributed by atoms with E-state index in [0.29, 0.717) is 43.9 Å². The number of hydrogen-bond donors (Lipinski definition) is 2. The van der Waals surface area contributed by atoms with Crippen LogP contribution in [0.1, 0.15) is 25.2 Å². The van der Waals surface area contributed by atoms with E-state index in [9.17, 15) is 4.79 Å². The molecule has 2 rings (SSSR count). The summed E-state index contributed by atoms with van der Waals surface area (Å²) in [5.41, 5.74) is 0.850. The van der Waals surface area contributed by atoms with Crippen LogP contribution in [0, 0.1) is 0 Å². The molecule has 0 radical (unpaired) electrons. The first-order chi connectivity index (χ1) is 11.2. The monoisotopic (exact) mass is 319 g/mol.